The molecule has 1 fully saturated rings. The lowest BCUT2D eigenvalue weighted by Gasteiger charge is -2.34. The quantitative estimate of drug-likeness (QED) is 0.872. The van der Waals surface area contributed by atoms with Gasteiger partial charge in [-0.1, -0.05) is 37.3 Å². The zero-order valence-corrected chi connectivity index (χ0v) is 14.4. The minimum atomic E-state index is -0.410. The number of hydrogen-bond donors (Lipinski definition) is 2. The number of carbonyl (C=O) groups is 1. The van der Waals surface area contributed by atoms with Crippen molar-refractivity contribution in [1.29, 1.82) is 0 Å². The van der Waals surface area contributed by atoms with Gasteiger partial charge in [0, 0.05) is 32.2 Å². The van der Waals surface area contributed by atoms with Gasteiger partial charge in [0.1, 0.15) is 0 Å². The molecule has 0 aromatic heterocycles. The molecule has 3 atom stereocenters. The molecular formula is C18H29N3O2. The van der Waals surface area contributed by atoms with Crippen molar-refractivity contribution >= 4 is 6.03 Å². The molecule has 1 heterocycles. The van der Waals surface area contributed by atoms with Crippen LogP contribution in [0.25, 0.3) is 0 Å². The molecule has 2 rings (SSSR count). The Bertz CT molecular complexity index is 494. The number of hydrogen-bond acceptors (Lipinski definition) is 3. The van der Waals surface area contributed by atoms with Gasteiger partial charge < -0.3 is 15.3 Å². The molecule has 5 heteroatoms. The molecule has 0 bridgehead atoms. The fourth-order valence-corrected chi connectivity index (χ4v) is 2.76. The number of likely N-dealkylation sites (N-methyl/N-ethyl adjacent to an activating group) is 1. The summed E-state index contributed by atoms with van der Waals surface area (Å²) in [6.07, 6.45) is 0.450. The molecular weight excluding hydrogens is 290 g/mol. The van der Waals surface area contributed by atoms with Crippen molar-refractivity contribution in [3.63, 3.8) is 0 Å². The molecule has 3 unspecified atom stereocenters. The van der Waals surface area contributed by atoms with Crippen LogP contribution in [0.4, 0.5) is 4.79 Å². The van der Waals surface area contributed by atoms with E-state index in [2.05, 4.69) is 36.3 Å². The van der Waals surface area contributed by atoms with Crippen molar-refractivity contribution in [3.05, 3.63) is 35.9 Å². The number of aliphatic hydroxyl groups excluding tert-OH is 1. The van der Waals surface area contributed by atoms with Gasteiger partial charge in [-0.05, 0) is 31.9 Å². The number of likely N-dealkylation sites (tertiary alicyclic amines) is 1. The smallest absolute Gasteiger partial charge is 0.317 e. The Kier molecular flexibility index (Phi) is 6.42. The van der Waals surface area contributed by atoms with E-state index in [-0.39, 0.29) is 18.0 Å². The number of amides is 2. The van der Waals surface area contributed by atoms with Crippen LogP contribution in [0.15, 0.2) is 30.3 Å². The summed E-state index contributed by atoms with van der Waals surface area (Å²) in [6, 6.07) is 10.5. The highest BCUT2D eigenvalue weighted by atomic mass is 16.3. The van der Waals surface area contributed by atoms with Crippen molar-refractivity contribution in [2.24, 2.45) is 5.92 Å². The van der Waals surface area contributed by atoms with Gasteiger partial charge >= 0.3 is 6.03 Å². The lowest BCUT2D eigenvalue weighted by molar-refractivity contribution is 0.0432. The summed E-state index contributed by atoms with van der Waals surface area (Å²) in [7, 11) is 2.07. The van der Waals surface area contributed by atoms with Crippen molar-refractivity contribution in [3.8, 4) is 0 Å². The molecule has 1 aromatic rings. The zero-order chi connectivity index (χ0) is 16.8. The summed E-state index contributed by atoms with van der Waals surface area (Å²) in [5.74, 6) is 0.273. The van der Waals surface area contributed by atoms with Gasteiger partial charge in [0.05, 0.1) is 6.10 Å². The number of nitrogens with one attached hydrogen (secondary N) is 1. The van der Waals surface area contributed by atoms with Crippen LogP contribution in [0.3, 0.4) is 0 Å². The van der Waals surface area contributed by atoms with Crippen molar-refractivity contribution in [2.45, 2.75) is 39.0 Å². The van der Waals surface area contributed by atoms with Crippen LogP contribution < -0.4 is 5.32 Å². The molecule has 23 heavy (non-hydrogen) atoms. The van der Waals surface area contributed by atoms with E-state index in [1.54, 1.807) is 4.90 Å². The first-order valence-corrected chi connectivity index (χ1v) is 8.42. The number of aliphatic hydroxyl groups is 1. The second-order valence-corrected chi connectivity index (χ2v) is 6.72. The van der Waals surface area contributed by atoms with Crippen LogP contribution in [-0.2, 0) is 6.54 Å². The Morgan fingerprint density at radius 3 is 2.78 bits per heavy atom. The van der Waals surface area contributed by atoms with E-state index >= 15 is 0 Å². The topological polar surface area (TPSA) is 55.8 Å². The fourth-order valence-electron chi connectivity index (χ4n) is 2.76. The summed E-state index contributed by atoms with van der Waals surface area (Å²) >= 11 is 0. The monoisotopic (exact) mass is 319 g/mol. The molecule has 0 aliphatic carbocycles. The molecule has 1 aliphatic heterocycles. The van der Waals surface area contributed by atoms with Crippen molar-refractivity contribution < 1.29 is 9.90 Å². The number of piperidine rings is 1. The van der Waals surface area contributed by atoms with Gasteiger partial charge in [0.25, 0.3) is 0 Å². The van der Waals surface area contributed by atoms with Crippen LogP contribution in [0.2, 0.25) is 0 Å². The van der Waals surface area contributed by atoms with Crippen LogP contribution in [0.1, 0.15) is 25.8 Å². The second kappa shape index (κ2) is 8.31. The van der Waals surface area contributed by atoms with Crippen LogP contribution >= 0.6 is 0 Å². The Morgan fingerprint density at radius 1 is 1.43 bits per heavy atom. The van der Waals surface area contributed by atoms with Crippen molar-refractivity contribution in [2.75, 3.05) is 26.7 Å². The number of rotatable bonds is 5. The van der Waals surface area contributed by atoms with Gasteiger partial charge in [-0.25, -0.2) is 4.79 Å². The summed E-state index contributed by atoms with van der Waals surface area (Å²) < 4.78 is 0. The maximum Gasteiger partial charge on any atom is 0.317 e. The van der Waals surface area contributed by atoms with Crippen LogP contribution in [0, 0.1) is 5.92 Å². The van der Waals surface area contributed by atoms with Gasteiger partial charge in [-0.3, -0.25) is 4.90 Å². The summed E-state index contributed by atoms with van der Waals surface area (Å²) in [4.78, 5) is 16.2. The van der Waals surface area contributed by atoms with E-state index in [1.165, 1.54) is 5.56 Å². The third-order valence-corrected chi connectivity index (χ3v) is 4.78. The predicted molar refractivity (Wildman–Crippen MR) is 92.1 cm³/mol. The van der Waals surface area contributed by atoms with Gasteiger partial charge in [0.2, 0.25) is 0 Å². The molecule has 0 spiro atoms. The third kappa shape index (κ3) is 5.22. The highest BCUT2D eigenvalue weighted by molar-refractivity contribution is 5.74. The molecule has 1 aliphatic rings. The molecule has 128 valence electrons. The minimum Gasteiger partial charge on any atom is -0.391 e. The molecule has 2 N–H and O–H groups in total. The number of carbonyl (C=O) groups excluding carboxylic acids is 1. The predicted octanol–water partition coefficient (Wildman–Crippen LogP) is 1.92. The maximum atomic E-state index is 12.2. The fraction of sp³-hybridized carbons (Fsp3) is 0.611. The first kappa shape index (κ1) is 17.8. The third-order valence-electron chi connectivity index (χ3n) is 4.78. The lowest BCUT2D eigenvalue weighted by atomic mass is 9.96. The zero-order valence-electron chi connectivity index (χ0n) is 14.4. The second-order valence-electron chi connectivity index (χ2n) is 6.72. The highest BCUT2D eigenvalue weighted by Crippen LogP contribution is 2.16. The van der Waals surface area contributed by atoms with Gasteiger partial charge in [-0.2, -0.15) is 0 Å². The van der Waals surface area contributed by atoms with Gasteiger partial charge in [0.15, 0.2) is 0 Å². The van der Waals surface area contributed by atoms with E-state index in [9.17, 15) is 9.90 Å². The standard InChI is InChI=1S/C18H29N3O2/c1-14-9-10-21(13-17(14)22)18(23)19-11-15(2)20(3)12-16-7-5-4-6-8-16/h4-8,14-15,17,22H,9-13H2,1-3H3,(H,19,23). The average Bonchev–Trinajstić information content (AvgIpc) is 2.55. The number of nitrogens with zero attached hydrogens (tertiary/aromatic N) is 2. The van der Waals surface area contributed by atoms with Crippen LogP contribution in [0.5, 0.6) is 0 Å². The lowest BCUT2D eigenvalue weighted by Crippen LogP contribution is -2.51. The first-order valence-electron chi connectivity index (χ1n) is 8.42. The van der Waals surface area contributed by atoms with E-state index in [1.807, 2.05) is 25.1 Å². The first-order chi connectivity index (χ1) is 11.0. The summed E-state index contributed by atoms with van der Waals surface area (Å²) in [5.41, 5.74) is 1.27. The average molecular weight is 319 g/mol. The SMILES string of the molecule is CC1CCN(C(=O)NCC(C)N(C)Cc2ccccc2)CC1O. The Hall–Kier alpha value is -1.59. The number of benzene rings is 1. The molecule has 5 nitrogen and oxygen atoms in total. The van der Waals surface area contributed by atoms with E-state index in [4.69, 9.17) is 0 Å². The largest absolute Gasteiger partial charge is 0.391 e. The minimum absolute atomic E-state index is 0.0732. The van der Waals surface area contributed by atoms with E-state index in [0.717, 1.165) is 19.5 Å². The number of β-amino-alcohol motifs (C(OH)–C–C–N with tert-alkyl or cyclic N) is 1. The highest BCUT2D eigenvalue weighted by Gasteiger charge is 2.27. The Morgan fingerprint density at radius 2 is 2.13 bits per heavy atom. The van der Waals surface area contributed by atoms with Gasteiger partial charge in [-0.15, -0.1) is 0 Å². The normalized spacial score (nSPS) is 22.9. The Balaban J connectivity index is 1.75. The maximum absolute atomic E-state index is 12.2. The molecule has 2 amide bonds. The molecule has 1 saturated heterocycles. The molecule has 0 saturated carbocycles. The van der Waals surface area contributed by atoms with Crippen molar-refractivity contribution in [1.82, 2.24) is 15.1 Å². The van der Waals surface area contributed by atoms with E-state index < -0.39 is 6.10 Å². The molecule has 0 radical (unpaired) electrons. The van der Waals surface area contributed by atoms with E-state index in [0.29, 0.717) is 13.1 Å². The summed E-state index contributed by atoms with van der Waals surface area (Å²) in [6.45, 7) is 6.75. The Labute approximate surface area is 139 Å². The van der Waals surface area contributed by atoms with Crippen LogP contribution in [-0.4, -0.2) is 59.8 Å². The molecule has 1 aromatic carbocycles. The summed E-state index contributed by atoms with van der Waals surface area (Å²) in [5, 5.41) is 12.9. The number of urea groups is 1.